The van der Waals surface area contributed by atoms with Crippen molar-refractivity contribution in [3.63, 3.8) is 0 Å². The minimum Gasteiger partial charge on any atom is -0.444 e. The van der Waals surface area contributed by atoms with Crippen molar-refractivity contribution < 1.29 is 13.9 Å². The molecule has 0 saturated heterocycles. The molecule has 0 aliphatic carbocycles. The molecule has 7 heteroatoms. The lowest BCUT2D eigenvalue weighted by atomic mass is 10.1. The van der Waals surface area contributed by atoms with E-state index in [4.69, 9.17) is 4.74 Å². The van der Waals surface area contributed by atoms with Crippen molar-refractivity contribution in [1.29, 1.82) is 0 Å². The van der Waals surface area contributed by atoms with Gasteiger partial charge in [-0.3, -0.25) is 4.99 Å². The Hall–Kier alpha value is -2.31. The predicted molar refractivity (Wildman–Crippen MR) is 98.3 cm³/mol. The van der Waals surface area contributed by atoms with E-state index in [1.54, 1.807) is 19.2 Å². The van der Waals surface area contributed by atoms with Gasteiger partial charge < -0.3 is 20.7 Å². The number of guanidine groups is 1. The first-order valence-electron chi connectivity index (χ1n) is 8.46. The minimum absolute atomic E-state index is 0.194. The molecule has 0 saturated carbocycles. The topological polar surface area (TPSA) is 74.8 Å². The first kappa shape index (κ1) is 20.7. The molecule has 1 aromatic carbocycles. The molecule has 0 unspecified atom stereocenters. The van der Waals surface area contributed by atoms with E-state index < -0.39 is 11.7 Å². The molecule has 0 heterocycles. The smallest absolute Gasteiger partial charge is 0.407 e. The molecule has 25 heavy (non-hydrogen) atoms. The molecule has 0 fully saturated rings. The van der Waals surface area contributed by atoms with Crippen LogP contribution in [-0.2, 0) is 11.2 Å². The van der Waals surface area contributed by atoms with Crippen molar-refractivity contribution in [3.05, 3.63) is 35.6 Å². The summed E-state index contributed by atoms with van der Waals surface area (Å²) in [5, 5.41) is 8.98. The number of nitrogens with zero attached hydrogens (tertiary/aromatic N) is 1. The Balaban J connectivity index is 2.16. The molecular weight excluding hydrogens is 323 g/mol. The molecule has 0 bridgehead atoms. The van der Waals surface area contributed by atoms with Crippen molar-refractivity contribution >= 4 is 12.1 Å². The summed E-state index contributed by atoms with van der Waals surface area (Å²) in [5.41, 5.74) is 0.180. The average molecular weight is 352 g/mol. The van der Waals surface area contributed by atoms with Crippen LogP contribution in [0, 0.1) is 5.82 Å². The van der Waals surface area contributed by atoms with Gasteiger partial charge in [0.1, 0.15) is 11.4 Å². The average Bonchev–Trinajstić information content (AvgIpc) is 2.53. The van der Waals surface area contributed by atoms with Crippen LogP contribution in [0.15, 0.2) is 29.3 Å². The van der Waals surface area contributed by atoms with Gasteiger partial charge in [0, 0.05) is 26.7 Å². The number of carbonyl (C=O) groups excluding carboxylic acids is 1. The number of ether oxygens (including phenoxy) is 1. The van der Waals surface area contributed by atoms with Crippen LogP contribution in [0.2, 0.25) is 0 Å². The molecule has 140 valence electrons. The molecule has 0 aliphatic rings. The highest BCUT2D eigenvalue weighted by molar-refractivity contribution is 5.79. The van der Waals surface area contributed by atoms with Crippen LogP contribution in [0.25, 0.3) is 0 Å². The number of hydrogen-bond acceptors (Lipinski definition) is 3. The molecule has 6 nitrogen and oxygen atoms in total. The van der Waals surface area contributed by atoms with Crippen LogP contribution in [0.3, 0.4) is 0 Å². The van der Waals surface area contributed by atoms with Gasteiger partial charge in [0.15, 0.2) is 5.96 Å². The van der Waals surface area contributed by atoms with E-state index in [0.717, 1.165) is 6.42 Å². The second-order valence-corrected chi connectivity index (χ2v) is 6.55. The largest absolute Gasteiger partial charge is 0.444 e. The second kappa shape index (κ2) is 10.5. The fourth-order valence-corrected chi connectivity index (χ4v) is 2.04. The summed E-state index contributed by atoms with van der Waals surface area (Å²) in [5.74, 6) is 0.453. The number of alkyl carbamates (subject to hydrolysis) is 1. The van der Waals surface area contributed by atoms with E-state index in [1.807, 2.05) is 26.8 Å². The molecular formula is C18H29FN4O2. The lowest BCUT2D eigenvalue weighted by Crippen LogP contribution is -2.40. The molecule has 1 rings (SSSR count). The highest BCUT2D eigenvalue weighted by Gasteiger charge is 2.15. The maximum absolute atomic E-state index is 13.5. The molecule has 0 spiro atoms. The highest BCUT2D eigenvalue weighted by atomic mass is 19.1. The number of hydrogen-bond donors (Lipinski definition) is 3. The fraction of sp³-hybridized carbons (Fsp3) is 0.556. The number of nitrogens with one attached hydrogen (secondary N) is 3. The summed E-state index contributed by atoms with van der Waals surface area (Å²) >= 11 is 0. The van der Waals surface area contributed by atoms with Gasteiger partial charge >= 0.3 is 6.09 Å². The van der Waals surface area contributed by atoms with E-state index in [9.17, 15) is 9.18 Å². The van der Waals surface area contributed by atoms with Gasteiger partial charge in [-0.15, -0.1) is 0 Å². The van der Waals surface area contributed by atoms with E-state index in [0.29, 0.717) is 37.6 Å². The van der Waals surface area contributed by atoms with E-state index in [-0.39, 0.29) is 5.82 Å². The monoisotopic (exact) mass is 352 g/mol. The van der Waals surface area contributed by atoms with Gasteiger partial charge in [-0.05, 0) is 45.2 Å². The number of rotatable bonds is 7. The molecule has 1 aromatic rings. The van der Waals surface area contributed by atoms with Gasteiger partial charge in [0.05, 0.1) is 0 Å². The zero-order chi connectivity index (χ0) is 18.7. The van der Waals surface area contributed by atoms with Crippen molar-refractivity contribution in [3.8, 4) is 0 Å². The molecule has 0 radical (unpaired) electrons. The van der Waals surface area contributed by atoms with E-state index >= 15 is 0 Å². The Morgan fingerprint density at radius 1 is 1.12 bits per heavy atom. The zero-order valence-electron chi connectivity index (χ0n) is 15.5. The van der Waals surface area contributed by atoms with Gasteiger partial charge in [-0.1, -0.05) is 18.2 Å². The predicted octanol–water partition coefficient (Wildman–Crippen LogP) is 2.45. The third-order valence-corrected chi connectivity index (χ3v) is 3.18. The lowest BCUT2D eigenvalue weighted by Gasteiger charge is -2.19. The SMILES string of the molecule is CN=C(NCCCNC(=O)OC(C)(C)C)NCCc1ccccc1F. The molecule has 0 atom stereocenters. The Labute approximate surface area is 149 Å². The van der Waals surface area contributed by atoms with E-state index in [1.165, 1.54) is 6.07 Å². The highest BCUT2D eigenvalue weighted by Crippen LogP contribution is 2.06. The third kappa shape index (κ3) is 9.54. The summed E-state index contributed by atoms with van der Waals surface area (Å²) in [4.78, 5) is 15.6. The van der Waals surface area contributed by atoms with Crippen LogP contribution in [0.5, 0.6) is 0 Å². The van der Waals surface area contributed by atoms with Crippen molar-refractivity contribution in [2.75, 3.05) is 26.7 Å². The quantitative estimate of drug-likeness (QED) is 0.400. The standard InChI is InChI=1S/C18H29FN4O2/c1-18(2,3)25-17(24)23-12-7-11-21-16(20-4)22-13-10-14-8-5-6-9-15(14)19/h5-6,8-9H,7,10-13H2,1-4H3,(H,23,24)(H2,20,21,22). The Kier molecular flexibility index (Phi) is 8.74. The van der Waals surface area contributed by atoms with Crippen molar-refractivity contribution in [2.45, 2.75) is 39.2 Å². The molecule has 1 amide bonds. The minimum atomic E-state index is -0.494. The molecule has 0 aliphatic heterocycles. The van der Waals surface area contributed by atoms with Gasteiger partial charge in [-0.2, -0.15) is 0 Å². The fourth-order valence-electron chi connectivity index (χ4n) is 2.04. The van der Waals surface area contributed by atoms with Crippen LogP contribution in [-0.4, -0.2) is 44.3 Å². The van der Waals surface area contributed by atoms with E-state index in [2.05, 4.69) is 20.9 Å². The maximum Gasteiger partial charge on any atom is 0.407 e. The van der Waals surface area contributed by atoms with Gasteiger partial charge in [-0.25, -0.2) is 9.18 Å². The van der Waals surface area contributed by atoms with Gasteiger partial charge in [0.25, 0.3) is 0 Å². The molecule has 0 aromatic heterocycles. The molecule has 3 N–H and O–H groups in total. The van der Waals surface area contributed by atoms with Crippen LogP contribution < -0.4 is 16.0 Å². The summed E-state index contributed by atoms with van der Waals surface area (Å²) in [6.45, 7) is 7.21. The number of halogens is 1. The summed E-state index contributed by atoms with van der Waals surface area (Å²) in [7, 11) is 1.68. The normalized spacial score (nSPS) is 11.8. The van der Waals surface area contributed by atoms with Gasteiger partial charge in [0.2, 0.25) is 0 Å². The van der Waals surface area contributed by atoms with Crippen LogP contribution in [0.1, 0.15) is 32.8 Å². The van der Waals surface area contributed by atoms with Crippen molar-refractivity contribution in [2.24, 2.45) is 4.99 Å². The summed E-state index contributed by atoms with van der Waals surface area (Å²) < 4.78 is 18.7. The summed E-state index contributed by atoms with van der Waals surface area (Å²) in [6, 6.07) is 6.73. The first-order chi connectivity index (χ1) is 11.8. The third-order valence-electron chi connectivity index (χ3n) is 3.18. The van der Waals surface area contributed by atoms with Crippen LogP contribution in [0.4, 0.5) is 9.18 Å². The number of benzene rings is 1. The number of aliphatic imine (C=N–C) groups is 1. The Bertz CT molecular complexity index is 570. The Morgan fingerprint density at radius 3 is 2.40 bits per heavy atom. The number of amides is 1. The first-order valence-corrected chi connectivity index (χ1v) is 8.46. The lowest BCUT2D eigenvalue weighted by molar-refractivity contribution is 0.0527. The van der Waals surface area contributed by atoms with Crippen molar-refractivity contribution in [1.82, 2.24) is 16.0 Å². The number of carbonyl (C=O) groups is 1. The van der Waals surface area contributed by atoms with Crippen LogP contribution >= 0.6 is 0 Å². The maximum atomic E-state index is 13.5. The zero-order valence-corrected chi connectivity index (χ0v) is 15.5. The Morgan fingerprint density at radius 2 is 1.76 bits per heavy atom. The summed E-state index contributed by atoms with van der Waals surface area (Å²) in [6.07, 6.45) is 0.890. The second-order valence-electron chi connectivity index (χ2n) is 6.55.